The minimum atomic E-state index is -0.213. The maximum Gasteiger partial charge on any atom is 0.227 e. The summed E-state index contributed by atoms with van der Waals surface area (Å²) in [7, 11) is 0. The first kappa shape index (κ1) is 17.4. The van der Waals surface area contributed by atoms with Crippen molar-refractivity contribution < 1.29 is 13.9 Å². The summed E-state index contributed by atoms with van der Waals surface area (Å²) in [5.74, 6) is -0.0994. The van der Waals surface area contributed by atoms with E-state index < -0.39 is 0 Å². The lowest BCUT2D eigenvalue weighted by atomic mass is 9.99. The second kappa shape index (κ2) is 8.62. The highest BCUT2D eigenvalue weighted by atomic mass is 19.1. The number of nitrogens with one attached hydrogen (secondary N) is 2. The molecule has 5 heteroatoms. The van der Waals surface area contributed by atoms with Crippen LogP contribution in [0.2, 0.25) is 0 Å². The van der Waals surface area contributed by atoms with Crippen LogP contribution in [0.25, 0.3) is 0 Å². The van der Waals surface area contributed by atoms with Gasteiger partial charge in [-0.3, -0.25) is 4.79 Å². The summed E-state index contributed by atoms with van der Waals surface area (Å²) in [6.07, 6.45) is 2.40. The van der Waals surface area contributed by atoms with Gasteiger partial charge in [0.2, 0.25) is 5.91 Å². The molecular formula is C20H23FN2O2. The molecule has 2 aromatic rings. The zero-order chi connectivity index (χ0) is 17.5. The van der Waals surface area contributed by atoms with E-state index in [0.29, 0.717) is 13.2 Å². The first-order valence-electron chi connectivity index (χ1n) is 8.68. The molecule has 3 rings (SSSR count). The summed E-state index contributed by atoms with van der Waals surface area (Å²) in [6.45, 7) is 2.09. The Bertz CT molecular complexity index is 680. The molecule has 25 heavy (non-hydrogen) atoms. The van der Waals surface area contributed by atoms with Gasteiger partial charge in [0.05, 0.1) is 0 Å². The van der Waals surface area contributed by atoms with Crippen molar-refractivity contribution in [3.63, 3.8) is 0 Å². The van der Waals surface area contributed by atoms with Gasteiger partial charge in [0.25, 0.3) is 0 Å². The summed E-state index contributed by atoms with van der Waals surface area (Å²) in [4.78, 5) is 12.2. The van der Waals surface area contributed by atoms with E-state index >= 15 is 0 Å². The standard InChI is InChI=1S/C20H23FN2O2/c21-17-3-1-15(2-4-17)9-12-22-18-5-7-19(8-6-18)23-20(24)16-10-13-25-14-11-16/h1-8,16,22H,9-14H2,(H,23,24). The minimum absolute atomic E-state index is 0.0438. The normalized spacial score (nSPS) is 14.9. The Morgan fingerprint density at radius 1 is 1.00 bits per heavy atom. The molecule has 2 aromatic carbocycles. The molecule has 0 saturated carbocycles. The number of hydrogen-bond donors (Lipinski definition) is 2. The van der Waals surface area contributed by atoms with Crippen LogP contribution in [0.4, 0.5) is 15.8 Å². The predicted molar refractivity (Wildman–Crippen MR) is 97.2 cm³/mol. The third-order valence-electron chi connectivity index (χ3n) is 4.40. The van der Waals surface area contributed by atoms with Gasteiger partial charge in [-0.05, 0) is 61.2 Å². The van der Waals surface area contributed by atoms with Gasteiger partial charge in [0.15, 0.2) is 0 Å². The molecule has 1 aliphatic rings. The Morgan fingerprint density at radius 2 is 1.64 bits per heavy atom. The summed E-state index contributed by atoms with van der Waals surface area (Å²) in [5.41, 5.74) is 2.89. The van der Waals surface area contributed by atoms with Gasteiger partial charge in [-0.1, -0.05) is 12.1 Å². The maximum atomic E-state index is 12.9. The zero-order valence-corrected chi connectivity index (χ0v) is 14.1. The Hall–Kier alpha value is -2.40. The van der Waals surface area contributed by atoms with E-state index in [1.165, 1.54) is 12.1 Å². The quantitative estimate of drug-likeness (QED) is 0.838. The largest absolute Gasteiger partial charge is 0.385 e. The van der Waals surface area contributed by atoms with Crippen LogP contribution in [-0.4, -0.2) is 25.7 Å². The van der Waals surface area contributed by atoms with E-state index in [1.54, 1.807) is 12.1 Å². The zero-order valence-electron chi connectivity index (χ0n) is 14.1. The van der Waals surface area contributed by atoms with Gasteiger partial charge < -0.3 is 15.4 Å². The van der Waals surface area contributed by atoms with Crippen LogP contribution in [0, 0.1) is 11.7 Å². The lowest BCUT2D eigenvalue weighted by molar-refractivity contribution is -0.122. The molecule has 0 spiro atoms. The van der Waals surface area contributed by atoms with Crippen LogP contribution in [0.5, 0.6) is 0 Å². The van der Waals surface area contributed by atoms with Gasteiger partial charge in [-0.2, -0.15) is 0 Å². The molecule has 0 radical (unpaired) electrons. The van der Waals surface area contributed by atoms with Gasteiger partial charge >= 0.3 is 0 Å². The Balaban J connectivity index is 1.45. The maximum absolute atomic E-state index is 12.9. The number of benzene rings is 2. The lowest BCUT2D eigenvalue weighted by Crippen LogP contribution is -2.28. The van der Waals surface area contributed by atoms with Crippen LogP contribution in [0.15, 0.2) is 48.5 Å². The number of carbonyl (C=O) groups excluding carboxylic acids is 1. The number of halogens is 1. The second-order valence-corrected chi connectivity index (χ2v) is 6.26. The van der Waals surface area contributed by atoms with E-state index in [9.17, 15) is 9.18 Å². The van der Waals surface area contributed by atoms with E-state index in [0.717, 1.165) is 42.7 Å². The third-order valence-corrected chi connectivity index (χ3v) is 4.40. The number of amides is 1. The Kier molecular flexibility index (Phi) is 6.01. The fourth-order valence-corrected chi connectivity index (χ4v) is 2.88. The summed E-state index contributed by atoms with van der Waals surface area (Å²) in [5, 5.41) is 6.30. The van der Waals surface area contributed by atoms with Gasteiger partial charge in [0.1, 0.15) is 5.82 Å². The predicted octanol–water partition coefficient (Wildman–Crippen LogP) is 3.85. The molecule has 1 aliphatic heterocycles. The number of rotatable bonds is 6. The summed E-state index contributed by atoms with van der Waals surface area (Å²) < 4.78 is 18.2. The van der Waals surface area contributed by atoms with Crippen molar-refractivity contribution in [1.82, 2.24) is 0 Å². The van der Waals surface area contributed by atoms with Crippen molar-refractivity contribution in [2.24, 2.45) is 5.92 Å². The Morgan fingerprint density at radius 3 is 2.32 bits per heavy atom. The molecule has 1 saturated heterocycles. The molecule has 0 unspecified atom stereocenters. The molecule has 2 N–H and O–H groups in total. The lowest BCUT2D eigenvalue weighted by Gasteiger charge is -2.21. The highest BCUT2D eigenvalue weighted by Gasteiger charge is 2.21. The van der Waals surface area contributed by atoms with E-state index in [4.69, 9.17) is 4.74 Å². The third kappa shape index (κ3) is 5.29. The SMILES string of the molecule is O=C(Nc1ccc(NCCc2ccc(F)cc2)cc1)C1CCOCC1. The topological polar surface area (TPSA) is 50.4 Å². The minimum Gasteiger partial charge on any atom is -0.385 e. The molecule has 0 bridgehead atoms. The first-order valence-corrected chi connectivity index (χ1v) is 8.68. The number of ether oxygens (including phenoxy) is 1. The van der Waals surface area contributed by atoms with Gasteiger partial charge in [0, 0.05) is 37.1 Å². The van der Waals surface area contributed by atoms with E-state index in [2.05, 4.69) is 10.6 Å². The number of anilines is 2. The molecule has 0 atom stereocenters. The summed E-state index contributed by atoms with van der Waals surface area (Å²) >= 11 is 0. The van der Waals surface area contributed by atoms with Crippen LogP contribution >= 0.6 is 0 Å². The monoisotopic (exact) mass is 342 g/mol. The smallest absolute Gasteiger partial charge is 0.227 e. The number of carbonyl (C=O) groups is 1. The number of hydrogen-bond acceptors (Lipinski definition) is 3. The molecule has 0 aliphatic carbocycles. The average Bonchev–Trinajstić information content (AvgIpc) is 2.65. The van der Waals surface area contributed by atoms with Crippen molar-refractivity contribution in [3.05, 3.63) is 59.9 Å². The molecule has 132 valence electrons. The molecule has 4 nitrogen and oxygen atoms in total. The molecule has 1 heterocycles. The van der Waals surface area contributed by atoms with E-state index in [-0.39, 0.29) is 17.6 Å². The van der Waals surface area contributed by atoms with Crippen molar-refractivity contribution in [1.29, 1.82) is 0 Å². The van der Waals surface area contributed by atoms with Gasteiger partial charge in [-0.15, -0.1) is 0 Å². The summed E-state index contributed by atoms with van der Waals surface area (Å²) in [6, 6.07) is 14.2. The average molecular weight is 342 g/mol. The van der Waals surface area contributed by atoms with Crippen LogP contribution < -0.4 is 10.6 Å². The van der Waals surface area contributed by atoms with Crippen LogP contribution in [0.1, 0.15) is 18.4 Å². The first-order chi connectivity index (χ1) is 12.2. The van der Waals surface area contributed by atoms with Crippen molar-refractivity contribution in [2.75, 3.05) is 30.4 Å². The molecule has 1 amide bonds. The van der Waals surface area contributed by atoms with Crippen LogP contribution in [0.3, 0.4) is 0 Å². The Labute approximate surface area is 147 Å². The van der Waals surface area contributed by atoms with Crippen molar-refractivity contribution in [3.8, 4) is 0 Å². The fourth-order valence-electron chi connectivity index (χ4n) is 2.88. The van der Waals surface area contributed by atoms with Crippen molar-refractivity contribution in [2.45, 2.75) is 19.3 Å². The molecule has 1 fully saturated rings. The van der Waals surface area contributed by atoms with Gasteiger partial charge in [-0.25, -0.2) is 4.39 Å². The molecular weight excluding hydrogens is 319 g/mol. The highest BCUT2D eigenvalue weighted by molar-refractivity contribution is 5.92. The highest BCUT2D eigenvalue weighted by Crippen LogP contribution is 2.19. The van der Waals surface area contributed by atoms with E-state index in [1.807, 2.05) is 24.3 Å². The van der Waals surface area contributed by atoms with Crippen molar-refractivity contribution >= 4 is 17.3 Å². The second-order valence-electron chi connectivity index (χ2n) is 6.26. The van der Waals surface area contributed by atoms with Crippen LogP contribution in [-0.2, 0) is 16.0 Å². The molecule has 0 aromatic heterocycles. The fraction of sp³-hybridized carbons (Fsp3) is 0.350.